The highest BCUT2D eigenvalue weighted by Crippen LogP contribution is 2.16. The summed E-state index contributed by atoms with van der Waals surface area (Å²) in [5, 5.41) is 0. The average Bonchev–Trinajstić information content (AvgIpc) is 2.55. The topological polar surface area (TPSA) is 68.3 Å². The molecule has 0 unspecified atom stereocenters. The fourth-order valence-corrected chi connectivity index (χ4v) is 2.80. The van der Waals surface area contributed by atoms with Gasteiger partial charge < -0.3 is 4.74 Å². The normalized spacial score (nSPS) is 11.3. The van der Waals surface area contributed by atoms with Crippen molar-refractivity contribution in [3.05, 3.63) is 54.4 Å². The van der Waals surface area contributed by atoms with Crippen molar-refractivity contribution in [2.45, 2.75) is 31.2 Å². The van der Waals surface area contributed by atoms with Gasteiger partial charge in [0.1, 0.15) is 5.75 Å². The molecule has 22 heavy (non-hydrogen) atoms. The number of benzene rings is 1. The Bertz CT molecular complexity index is 670. The predicted octanol–water partition coefficient (Wildman–Crippen LogP) is 2.74. The van der Waals surface area contributed by atoms with Crippen LogP contribution in [0.5, 0.6) is 5.75 Å². The first-order chi connectivity index (χ1) is 10.6. The molecule has 0 spiro atoms. The van der Waals surface area contributed by atoms with Crippen molar-refractivity contribution in [1.29, 1.82) is 0 Å². The van der Waals surface area contributed by atoms with E-state index in [9.17, 15) is 8.42 Å². The number of nitrogens with one attached hydrogen (secondary N) is 1. The molecule has 0 fully saturated rings. The lowest BCUT2D eigenvalue weighted by atomic mass is 10.3. The van der Waals surface area contributed by atoms with Gasteiger partial charge in [-0.25, -0.2) is 13.1 Å². The van der Waals surface area contributed by atoms with Crippen molar-refractivity contribution < 1.29 is 13.2 Å². The maximum absolute atomic E-state index is 12.2. The number of hydrogen-bond donors (Lipinski definition) is 1. The van der Waals surface area contributed by atoms with Crippen LogP contribution in [-0.4, -0.2) is 20.0 Å². The molecule has 1 N–H and O–H groups in total. The highest BCUT2D eigenvalue weighted by atomic mass is 32.2. The lowest BCUT2D eigenvalue weighted by Crippen LogP contribution is -2.23. The minimum Gasteiger partial charge on any atom is -0.494 e. The van der Waals surface area contributed by atoms with Gasteiger partial charge in [0.05, 0.1) is 23.7 Å². The Morgan fingerprint density at radius 3 is 2.55 bits per heavy atom. The van der Waals surface area contributed by atoms with Gasteiger partial charge in [0.15, 0.2) is 0 Å². The van der Waals surface area contributed by atoms with Crippen LogP contribution in [0, 0.1) is 0 Å². The molecule has 118 valence electrons. The van der Waals surface area contributed by atoms with E-state index in [1.165, 1.54) is 0 Å². The number of nitrogens with zero attached hydrogens (tertiary/aromatic N) is 1. The van der Waals surface area contributed by atoms with Crippen LogP contribution in [0.4, 0.5) is 0 Å². The largest absolute Gasteiger partial charge is 0.494 e. The number of rotatable bonds is 8. The summed E-state index contributed by atoms with van der Waals surface area (Å²) in [4.78, 5) is 4.30. The number of unbranched alkanes of at least 4 members (excludes halogenated alkanes) is 1. The van der Waals surface area contributed by atoms with Crippen molar-refractivity contribution >= 4 is 10.0 Å². The summed E-state index contributed by atoms with van der Waals surface area (Å²) in [6.07, 6.45) is 3.67. The van der Waals surface area contributed by atoms with Crippen LogP contribution < -0.4 is 9.46 Å². The van der Waals surface area contributed by atoms with Gasteiger partial charge in [-0.2, -0.15) is 0 Å². The van der Waals surface area contributed by atoms with E-state index in [0.29, 0.717) is 18.1 Å². The van der Waals surface area contributed by atoms with Crippen molar-refractivity contribution in [3.8, 4) is 5.75 Å². The molecule has 1 aromatic heterocycles. The Balaban J connectivity index is 1.97. The lowest BCUT2D eigenvalue weighted by Gasteiger charge is -2.08. The molecule has 0 saturated carbocycles. The summed E-state index contributed by atoms with van der Waals surface area (Å²) in [5.74, 6) is 0.678. The van der Waals surface area contributed by atoms with Gasteiger partial charge in [0.2, 0.25) is 10.0 Å². The van der Waals surface area contributed by atoms with Gasteiger partial charge in [-0.05, 0) is 42.8 Å². The van der Waals surface area contributed by atoms with Gasteiger partial charge >= 0.3 is 0 Å². The number of hydrogen-bond acceptors (Lipinski definition) is 4. The van der Waals surface area contributed by atoms with Gasteiger partial charge in [-0.1, -0.05) is 19.4 Å². The molecule has 0 bridgehead atoms. The van der Waals surface area contributed by atoms with E-state index in [-0.39, 0.29) is 11.4 Å². The Kier molecular flexibility index (Phi) is 5.91. The molecule has 0 amide bonds. The van der Waals surface area contributed by atoms with E-state index in [1.807, 2.05) is 6.07 Å². The second-order valence-electron chi connectivity index (χ2n) is 4.82. The molecule has 1 aromatic carbocycles. The second kappa shape index (κ2) is 7.91. The van der Waals surface area contributed by atoms with E-state index < -0.39 is 10.0 Å². The molecule has 0 saturated heterocycles. The Morgan fingerprint density at radius 1 is 1.14 bits per heavy atom. The molecule has 0 atom stereocenters. The monoisotopic (exact) mass is 320 g/mol. The van der Waals surface area contributed by atoms with Gasteiger partial charge in [-0.3, -0.25) is 4.98 Å². The van der Waals surface area contributed by atoms with Gasteiger partial charge in [0.25, 0.3) is 0 Å². The number of ether oxygens (including phenoxy) is 1. The van der Waals surface area contributed by atoms with E-state index in [2.05, 4.69) is 16.6 Å². The highest BCUT2D eigenvalue weighted by Gasteiger charge is 2.13. The maximum atomic E-state index is 12.2. The Hall–Kier alpha value is -1.92. The van der Waals surface area contributed by atoms with E-state index in [1.54, 1.807) is 42.6 Å². The lowest BCUT2D eigenvalue weighted by molar-refractivity contribution is 0.309. The van der Waals surface area contributed by atoms with Crippen molar-refractivity contribution in [3.63, 3.8) is 0 Å². The van der Waals surface area contributed by atoms with Crippen LogP contribution in [0.1, 0.15) is 25.5 Å². The maximum Gasteiger partial charge on any atom is 0.240 e. The molecule has 0 aliphatic heterocycles. The number of aromatic nitrogens is 1. The molecule has 1 heterocycles. The zero-order chi connectivity index (χ0) is 15.8. The molecule has 6 heteroatoms. The number of sulfonamides is 1. The number of pyridine rings is 1. The fourth-order valence-electron chi connectivity index (χ4n) is 1.80. The van der Waals surface area contributed by atoms with Crippen molar-refractivity contribution in [2.24, 2.45) is 0 Å². The molecule has 0 aliphatic carbocycles. The van der Waals surface area contributed by atoms with E-state index in [4.69, 9.17) is 4.74 Å². The molecule has 2 rings (SSSR count). The van der Waals surface area contributed by atoms with Crippen LogP contribution in [0.15, 0.2) is 53.6 Å². The summed E-state index contributed by atoms with van der Waals surface area (Å²) >= 11 is 0. The molecule has 0 radical (unpaired) electrons. The summed E-state index contributed by atoms with van der Waals surface area (Å²) in [5.41, 5.74) is 0.672. The van der Waals surface area contributed by atoms with E-state index in [0.717, 1.165) is 12.8 Å². The molecule has 0 aliphatic rings. The zero-order valence-electron chi connectivity index (χ0n) is 12.5. The highest BCUT2D eigenvalue weighted by molar-refractivity contribution is 7.89. The van der Waals surface area contributed by atoms with Crippen molar-refractivity contribution in [2.75, 3.05) is 6.61 Å². The van der Waals surface area contributed by atoms with E-state index >= 15 is 0 Å². The summed E-state index contributed by atoms with van der Waals surface area (Å²) in [7, 11) is -3.55. The third-order valence-electron chi connectivity index (χ3n) is 3.07. The minimum absolute atomic E-state index is 0.165. The fraction of sp³-hybridized carbons (Fsp3) is 0.312. The molecular formula is C16H20N2O3S. The van der Waals surface area contributed by atoms with Gasteiger partial charge in [-0.15, -0.1) is 0 Å². The summed E-state index contributed by atoms with van der Waals surface area (Å²) in [6, 6.07) is 11.8. The summed E-state index contributed by atoms with van der Waals surface area (Å²) in [6.45, 7) is 2.89. The first-order valence-electron chi connectivity index (χ1n) is 7.24. The van der Waals surface area contributed by atoms with Crippen molar-refractivity contribution in [1.82, 2.24) is 9.71 Å². The molecule has 5 nitrogen and oxygen atoms in total. The third kappa shape index (κ3) is 4.82. The average molecular weight is 320 g/mol. The first kappa shape index (κ1) is 16.5. The van der Waals surface area contributed by atoms with Crippen LogP contribution in [0.2, 0.25) is 0 Å². The summed E-state index contributed by atoms with van der Waals surface area (Å²) < 4.78 is 32.4. The van der Waals surface area contributed by atoms with Crippen LogP contribution in [0.25, 0.3) is 0 Å². The second-order valence-corrected chi connectivity index (χ2v) is 6.59. The first-order valence-corrected chi connectivity index (χ1v) is 8.72. The van der Waals surface area contributed by atoms with Gasteiger partial charge in [0, 0.05) is 6.20 Å². The third-order valence-corrected chi connectivity index (χ3v) is 4.49. The van der Waals surface area contributed by atoms with Crippen LogP contribution in [-0.2, 0) is 16.6 Å². The molecule has 2 aromatic rings. The Morgan fingerprint density at radius 2 is 1.91 bits per heavy atom. The SMILES string of the molecule is CCCCOc1ccc(S(=O)(=O)NCc2ccccn2)cc1. The minimum atomic E-state index is -3.55. The van der Waals surface area contributed by atoms with Crippen LogP contribution in [0.3, 0.4) is 0 Å². The predicted molar refractivity (Wildman–Crippen MR) is 85.1 cm³/mol. The van der Waals surface area contributed by atoms with Crippen LogP contribution >= 0.6 is 0 Å². The Labute approximate surface area is 131 Å². The quantitative estimate of drug-likeness (QED) is 0.759. The standard InChI is InChI=1S/C16H20N2O3S/c1-2-3-12-21-15-7-9-16(10-8-15)22(19,20)18-13-14-6-4-5-11-17-14/h4-11,18H,2-3,12-13H2,1H3. The molecular weight excluding hydrogens is 300 g/mol. The smallest absolute Gasteiger partial charge is 0.240 e. The zero-order valence-corrected chi connectivity index (χ0v) is 13.3.